The summed E-state index contributed by atoms with van der Waals surface area (Å²) in [4.78, 5) is 27.2. The number of hydrogen-bond donors (Lipinski definition) is 1. The Morgan fingerprint density at radius 1 is 1.11 bits per heavy atom. The minimum atomic E-state index is -0.547. The molecule has 144 valence electrons. The summed E-state index contributed by atoms with van der Waals surface area (Å²) in [6, 6.07) is 13.4. The zero-order chi connectivity index (χ0) is 20.3. The fourth-order valence-electron chi connectivity index (χ4n) is 3.06. The van der Waals surface area contributed by atoms with Crippen molar-refractivity contribution >= 4 is 23.6 Å². The molecule has 1 aliphatic rings. The summed E-state index contributed by atoms with van der Waals surface area (Å²) in [5.74, 6) is -0.0761. The molecule has 0 radical (unpaired) electrons. The van der Waals surface area contributed by atoms with Crippen molar-refractivity contribution in [1.29, 1.82) is 0 Å². The number of hydrogen-bond acceptors (Lipinski definition) is 5. The van der Waals surface area contributed by atoms with Crippen molar-refractivity contribution in [2.24, 2.45) is 0 Å². The Bertz CT molecular complexity index is 955. The Balaban J connectivity index is 2.09. The molecule has 1 aliphatic heterocycles. The van der Waals surface area contributed by atoms with Crippen LogP contribution in [0.5, 0.6) is 11.5 Å². The Morgan fingerprint density at radius 3 is 2.32 bits per heavy atom. The fourth-order valence-corrected chi connectivity index (χ4v) is 3.06. The molecule has 2 aromatic rings. The molecule has 0 saturated heterocycles. The van der Waals surface area contributed by atoms with Gasteiger partial charge in [-0.2, -0.15) is 0 Å². The Hall–Kier alpha value is -3.54. The fraction of sp³-hybridized carbons (Fsp3) is 0.182. The smallest absolute Gasteiger partial charge is 0.340 e. The number of nitrogens with zero attached hydrogens (tertiary/aromatic N) is 1. The van der Waals surface area contributed by atoms with E-state index in [-0.39, 0.29) is 29.4 Å². The standard InChI is InChI=1S/C22H21NO5/c1-4-28-22(26)20-14(2)23(16-7-11-18(27-3)12-8-16)21(25)19(20)13-15-5-9-17(24)10-6-15/h5-13,24H,4H2,1-3H3. The van der Waals surface area contributed by atoms with E-state index < -0.39 is 5.97 Å². The summed E-state index contributed by atoms with van der Waals surface area (Å²) in [6.07, 6.45) is 1.63. The number of ether oxygens (including phenoxy) is 2. The first-order valence-corrected chi connectivity index (χ1v) is 8.84. The molecule has 0 saturated carbocycles. The molecule has 0 atom stereocenters. The topological polar surface area (TPSA) is 76.1 Å². The lowest BCUT2D eigenvalue weighted by molar-refractivity contribution is -0.138. The lowest BCUT2D eigenvalue weighted by atomic mass is 10.0. The Labute approximate surface area is 163 Å². The van der Waals surface area contributed by atoms with Crippen molar-refractivity contribution in [3.8, 4) is 11.5 Å². The molecule has 0 unspecified atom stereocenters. The maximum absolute atomic E-state index is 13.2. The second-order valence-electron chi connectivity index (χ2n) is 6.17. The molecular weight excluding hydrogens is 358 g/mol. The number of methoxy groups -OCH3 is 1. The van der Waals surface area contributed by atoms with Gasteiger partial charge in [0.05, 0.1) is 24.9 Å². The van der Waals surface area contributed by atoms with Crippen LogP contribution in [0.3, 0.4) is 0 Å². The second-order valence-corrected chi connectivity index (χ2v) is 6.17. The summed E-state index contributed by atoms with van der Waals surface area (Å²) >= 11 is 0. The number of phenols is 1. The van der Waals surface area contributed by atoms with Gasteiger partial charge in [-0.15, -0.1) is 0 Å². The second kappa shape index (κ2) is 8.00. The number of aromatic hydroxyl groups is 1. The van der Waals surface area contributed by atoms with E-state index >= 15 is 0 Å². The van der Waals surface area contributed by atoms with Crippen molar-refractivity contribution in [2.75, 3.05) is 18.6 Å². The van der Waals surface area contributed by atoms with E-state index in [9.17, 15) is 14.7 Å². The van der Waals surface area contributed by atoms with Gasteiger partial charge in [0.1, 0.15) is 11.5 Å². The van der Waals surface area contributed by atoms with E-state index in [2.05, 4.69) is 0 Å². The van der Waals surface area contributed by atoms with Crippen LogP contribution >= 0.6 is 0 Å². The van der Waals surface area contributed by atoms with E-state index in [0.29, 0.717) is 22.7 Å². The number of carbonyl (C=O) groups is 2. The summed E-state index contributed by atoms with van der Waals surface area (Å²) in [5, 5.41) is 9.47. The molecule has 6 nitrogen and oxygen atoms in total. The van der Waals surface area contributed by atoms with Gasteiger partial charge in [-0.05, 0) is 61.9 Å². The van der Waals surface area contributed by atoms with E-state index in [1.54, 1.807) is 63.4 Å². The van der Waals surface area contributed by atoms with Crippen molar-refractivity contribution in [3.63, 3.8) is 0 Å². The molecule has 2 aromatic carbocycles. The molecule has 1 N–H and O–H groups in total. The Morgan fingerprint density at radius 2 is 1.75 bits per heavy atom. The van der Waals surface area contributed by atoms with Crippen molar-refractivity contribution in [3.05, 3.63) is 70.9 Å². The van der Waals surface area contributed by atoms with E-state index in [4.69, 9.17) is 9.47 Å². The zero-order valence-electron chi connectivity index (χ0n) is 15.9. The van der Waals surface area contributed by atoms with Gasteiger partial charge < -0.3 is 14.6 Å². The quantitative estimate of drug-likeness (QED) is 0.634. The third-order valence-electron chi connectivity index (χ3n) is 4.41. The predicted molar refractivity (Wildman–Crippen MR) is 106 cm³/mol. The number of anilines is 1. The van der Waals surface area contributed by atoms with Crippen molar-refractivity contribution in [2.45, 2.75) is 13.8 Å². The summed E-state index contributed by atoms with van der Waals surface area (Å²) in [5.41, 5.74) is 2.29. The van der Waals surface area contributed by atoms with Crippen LogP contribution in [0.1, 0.15) is 19.4 Å². The molecule has 1 heterocycles. The molecule has 6 heteroatoms. The molecule has 0 aromatic heterocycles. The maximum Gasteiger partial charge on any atom is 0.340 e. The largest absolute Gasteiger partial charge is 0.508 e. The van der Waals surface area contributed by atoms with Crippen LogP contribution in [-0.2, 0) is 14.3 Å². The number of carbonyl (C=O) groups excluding carboxylic acids is 2. The summed E-state index contributed by atoms with van der Waals surface area (Å²) < 4.78 is 10.3. The van der Waals surface area contributed by atoms with Gasteiger partial charge >= 0.3 is 5.97 Å². The van der Waals surface area contributed by atoms with Gasteiger partial charge in [0.25, 0.3) is 5.91 Å². The highest BCUT2D eigenvalue weighted by molar-refractivity contribution is 6.23. The van der Waals surface area contributed by atoms with Gasteiger partial charge in [-0.25, -0.2) is 4.79 Å². The molecule has 0 fully saturated rings. The number of amides is 1. The van der Waals surface area contributed by atoms with Crippen LogP contribution in [0.15, 0.2) is 65.4 Å². The lowest BCUT2D eigenvalue weighted by Crippen LogP contribution is -2.24. The van der Waals surface area contributed by atoms with Gasteiger partial charge in [0, 0.05) is 11.4 Å². The van der Waals surface area contributed by atoms with Gasteiger partial charge in [-0.1, -0.05) is 12.1 Å². The Kier molecular flexibility index (Phi) is 5.49. The molecule has 0 aliphatic carbocycles. The van der Waals surface area contributed by atoms with Crippen LogP contribution in [0.25, 0.3) is 6.08 Å². The number of allylic oxidation sites excluding steroid dienone is 1. The van der Waals surface area contributed by atoms with Crippen LogP contribution in [0.2, 0.25) is 0 Å². The zero-order valence-corrected chi connectivity index (χ0v) is 15.9. The first kappa shape index (κ1) is 19.2. The minimum Gasteiger partial charge on any atom is -0.508 e. The summed E-state index contributed by atoms with van der Waals surface area (Å²) in [7, 11) is 1.57. The van der Waals surface area contributed by atoms with Crippen LogP contribution in [0.4, 0.5) is 5.69 Å². The normalized spacial score (nSPS) is 15.3. The third-order valence-corrected chi connectivity index (χ3v) is 4.41. The summed E-state index contributed by atoms with van der Waals surface area (Å²) in [6.45, 7) is 3.64. The number of phenolic OH excluding ortho intramolecular Hbond substituents is 1. The highest BCUT2D eigenvalue weighted by Gasteiger charge is 2.38. The van der Waals surface area contributed by atoms with Gasteiger partial charge in [0.15, 0.2) is 0 Å². The average molecular weight is 379 g/mol. The van der Waals surface area contributed by atoms with Crippen LogP contribution in [0, 0.1) is 0 Å². The SMILES string of the molecule is CCOC(=O)C1=C(C)N(c2ccc(OC)cc2)C(=O)C1=Cc1ccc(O)cc1. The van der Waals surface area contributed by atoms with Crippen LogP contribution in [-0.4, -0.2) is 30.7 Å². The van der Waals surface area contributed by atoms with Crippen molar-refractivity contribution in [1.82, 2.24) is 0 Å². The molecule has 28 heavy (non-hydrogen) atoms. The molecular formula is C22H21NO5. The maximum atomic E-state index is 13.2. The van der Waals surface area contributed by atoms with E-state index in [1.165, 1.54) is 17.0 Å². The highest BCUT2D eigenvalue weighted by Crippen LogP contribution is 2.36. The van der Waals surface area contributed by atoms with Crippen molar-refractivity contribution < 1.29 is 24.2 Å². The number of esters is 1. The third kappa shape index (κ3) is 3.62. The number of rotatable bonds is 5. The van der Waals surface area contributed by atoms with E-state index in [0.717, 1.165) is 0 Å². The van der Waals surface area contributed by atoms with Gasteiger partial charge in [-0.3, -0.25) is 9.69 Å². The first-order valence-electron chi connectivity index (χ1n) is 8.84. The predicted octanol–water partition coefficient (Wildman–Crippen LogP) is 3.67. The molecule has 3 rings (SSSR count). The highest BCUT2D eigenvalue weighted by atomic mass is 16.5. The molecule has 0 bridgehead atoms. The monoisotopic (exact) mass is 379 g/mol. The number of benzene rings is 2. The van der Waals surface area contributed by atoms with Crippen LogP contribution < -0.4 is 9.64 Å². The lowest BCUT2D eigenvalue weighted by Gasteiger charge is -2.18. The first-order chi connectivity index (χ1) is 13.5. The van der Waals surface area contributed by atoms with E-state index in [1.807, 2.05) is 0 Å². The minimum absolute atomic E-state index is 0.122. The molecule has 0 spiro atoms. The molecule has 1 amide bonds. The average Bonchev–Trinajstić information content (AvgIpc) is 2.93. The van der Waals surface area contributed by atoms with Gasteiger partial charge in [0.2, 0.25) is 0 Å².